The van der Waals surface area contributed by atoms with Gasteiger partial charge in [0.1, 0.15) is 17.2 Å². The highest BCUT2D eigenvalue weighted by atomic mass is 32.2. The Hall–Kier alpha value is -2.16. The number of aliphatic hydroxyl groups excluding tert-OH is 1. The molecule has 1 aliphatic rings. The number of aliphatic hydroxyl groups is 1. The lowest BCUT2D eigenvalue weighted by Gasteiger charge is -2.30. The fraction of sp³-hybridized carbons (Fsp3) is 0.278. The van der Waals surface area contributed by atoms with Gasteiger partial charge < -0.3 is 5.11 Å². The van der Waals surface area contributed by atoms with Crippen molar-refractivity contribution in [3.8, 4) is 16.4 Å². The molecule has 0 amide bonds. The SMILES string of the molecule is Cn1cc(-c2nc(-n3cnc4cc(SC5CC(O)C5)ccc43)cs2)cn1. The molecule has 0 saturated heterocycles. The van der Waals surface area contributed by atoms with Crippen molar-refractivity contribution in [1.82, 2.24) is 24.3 Å². The maximum absolute atomic E-state index is 9.44. The first-order valence-corrected chi connectivity index (χ1v) is 10.2. The second kappa shape index (κ2) is 6.22. The molecule has 0 bridgehead atoms. The van der Waals surface area contributed by atoms with Crippen LogP contribution in [0.15, 0.2) is 47.2 Å². The fourth-order valence-corrected chi connectivity index (χ4v) is 5.23. The third kappa shape index (κ3) is 2.84. The second-order valence-corrected chi connectivity index (χ2v) is 8.78. The highest BCUT2D eigenvalue weighted by Gasteiger charge is 2.28. The van der Waals surface area contributed by atoms with Gasteiger partial charge in [0, 0.05) is 34.3 Å². The molecule has 1 fully saturated rings. The van der Waals surface area contributed by atoms with E-state index in [4.69, 9.17) is 4.98 Å². The number of nitrogens with zero attached hydrogens (tertiary/aromatic N) is 5. The summed E-state index contributed by atoms with van der Waals surface area (Å²) in [5.41, 5.74) is 3.03. The van der Waals surface area contributed by atoms with Gasteiger partial charge in [0.15, 0.2) is 0 Å². The van der Waals surface area contributed by atoms with E-state index in [1.807, 2.05) is 47.5 Å². The number of aromatic nitrogens is 5. The van der Waals surface area contributed by atoms with Crippen molar-refractivity contribution in [2.45, 2.75) is 29.1 Å². The Balaban J connectivity index is 1.43. The molecular weight excluding hydrogens is 366 g/mol. The second-order valence-electron chi connectivity index (χ2n) is 6.54. The van der Waals surface area contributed by atoms with Crippen LogP contribution in [0.4, 0.5) is 0 Å². The van der Waals surface area contributed by atoms with Gasteiger partial charge in [0.05, 0.1) is 23.3 Å². The number of thioether (sulfide) groups is 1. The molecule has 4 aromatic rings. The lowest BCUT2D eigenvalue weighted by atomic mass is 9.96. The van der Waals surface area contributed by atoms with E-state index in [2.05, 4.69) is 28.3 Å². The zero-order valence-corrected chi connectivity index (χ0v) is 15.7. The number of imidazole rings is 1. The Labute approximate surface area is 158 Å². The van der Waals surface area contributed by atoms with Crippen molar-refractivity contribution in [1.29, 1.82) is 0 Å². The van der Waals surface area contributed by atoms with Gasteiger partial charge in [-0.3, -0.25) is 9.25 Å². The summed E-state index contributed by atoms with van der Waals surface area (Å²) < 4.78 is 3.80. The van der Waals surface area contributed by atoms with Crippen LogP contribution in [0.1, 0.15) is 12.8 Å². The summed E-state index contributed by atoms with van der Waals surface area (Å²) in [5, 5.41) is 17.2. The summed E-state index contributed by atoms with van der Waals surface area (Å²) >= 11 is 3.43. The predicted molar refractivity (Wildman–Crippen MR) is 104 cm³/mol. The Morgan fingerprint density at radius 1 is 1.31 bits per heavy atom. The first-order valence-electron chi connectivity index (χ1n) is 8.42. The van der Waals surface area contributed by atoms with E-state index in [1.165, 1.54) is 4.90 Å². The summed E-state index contributed by atoms with van der Waals surface area (Å²) in [6, 6.07) is 6.35. The third-order valence-corrected chi connectivity index (χ3v) is 6.71. The first kappa shape index (κ1) is 16.0. The average Bonchev–Trinajstić information content (AvgIpc) is 3.31. The highest BCUT2D eigenvalue weighted by Crippen LogP contribution is 2.37. The standard InChI is InChI=1S/C18H17N5OS2/c1-22-8-11(7-20-22)18-21-17(9-25-18)23-10-19-15-6-13(2-3-16(15)23)26-14-4-12(24)5-14/h2-3,6-10,12,14,24H,4-5H2,1H3. The van der Waals surface area contributed by atoms with Crippen LogP contribution in [0.2, 0.25) is 0 Å². The summed E-state index contributed by atoms with van der Waals surface area (Å²) in [4.78, 5) is 10.5. The number of aryl methyl sites for hydroxylation is 1. The van der Waals surface area contributed by atoms with Crippen LogP contribution in [0, 0.1) is 0 Å². The van der Waals surface area contributed by atoms with Crippen LogP contribution in [-0.4, -0.2) is 40.8 Å². The Morgan fingerprint density at radius 3 is 2.96 bits per heavy atom. The van der Waals surface area contributed by atoms with E-state index < -0.39 is 0 Å². The fourth-order valence-electron chi connectivity index (χ4n) is 3.12. The van der Waals surface area contributed by atoms with Crippen molar-refractivity contribution in [2.24, 2.45) is 7.05 Å². The molecule has 3 aromatic heterocycles. The Bertz CT molecular complexity index is 1080. The molecule has 8 heteroatoms. The molecule has 0 aliphatic heterocycles. The van der Waals surface area contributed by atoms with Crippen LogP contribution in [0.5, 0.6) is 0 Å². The monoisotopic (exact) mass is 383 g/mol. The lowest BCUT2D eigenvalue weighted by molar-refractivity contribution is 0.101. The molecule has 0 atom stereocenters. The number of hydrogen-bond acceptors (Lipinski definition) is 6. The smallest absolute Gasteiger partial charge is 0.150 e. The molecule has 3 heterocycles. The number of fused-ring (bicyclic) bond motifs is 1. The van der Waals surface area contributed by atoms with Crippen molar-refractivity contribution >= 4 is 34.1 Å². The quantitative estimate of drug-likeness (QED) is 0.584. The van der Waals surface area contributed by atoms with Gasteiger partial charge in [-0.15, -0.1) is 23.1 Å². The predicted octanol–water partition coefficient (Wildman–Crippen LogP) is 3.50. The van der Waals surface area contributed by atoms with Crippen LogP contribution in [0.25, 0.3) is 27.4 Å². The number of hydrogen-bond donors (Lipinski definition) is 1. The van der Waals surface area contributed by atoms with Crippen LogP contribution >= 0.6 is 23.1 Å². The normalized spacial score (nSPS) is 19.8. The molecule has 1 saturated carbocycles. The maximum atomic E-state index is 9.44. The molecule has 0 unspecified atom stereocenters. The van der Waals surface area contributed by atoms with Gasteiger partial charge >= 0.3 is 0 Å². The van der Waals surface area contributed by atoms with Crippen LogP contribution < -0.4 is 0 Å². The average molecular weight is 384 g/mol. The van der Waals surface area contributed by atoms with Crippen molar-refractivity contribution in [3.63, 3.8) is 0 Å². The van der Waals surface area contributed by atoms with Crippen LogP contribution in [-0.2, 0) is 7.05 Å². The van der Waals surface area contributed by atoms with Gasteiger partial charge in [0.2, 0.25) is 0 Å². The van der Waals surface area contributed by atoms with Gasteiger partial charge in [-0.1, -0.05) is 0 Å². The molecule has 6 nitrogen and oxygen atoms in total. The van der Waals surface area contributed by atoms with Crippen molar-refractivity contribution < 1.29 is 5.11 Å². The van der Waals surface area contributed by atoms with E-state index in [0.717, 1.165) is 40.3 Å². The molecule has 132 valence electrons. The lowest BCUT2D eigenvalue weighted by Crippen LogP contribution is -2.30. The molecule has 1 N–H and O–H groups in total. The minimum Gasteiger partial charge on any atom is -0.393 e. The topological polar surface area (TPSA) is 68.8 Å². The van der Waals surface area contributed by atoms with Crippen LogP contribution in [0.3, 0.4) is 0 Å². The van der Waals surface area contributed by atoms with Gasteiger partial charge in [-0.25, -0.2) is 9.97 Å². The Morgan fingerprint density at radius 2 is 2.19 bits per heavy atom. The van der Waals surface area contributed by atoms with Gasteiger partial charge in [0.25, 0.3) is 0 Å². The zero-order chi connectivity index (χ0) is 17.7. The minimum atomic E-state index is -0.117. The summed E-state index contributed by atoms with van der Waals surface area (Å²) in [5.74, 6) is 0.874. The van der Waals surface area contributed by atoms with E-state index in [-0.39, 0.29) is 6.10 Å². The van der Waals surface area contributed by atoms with E-state index in [0.29, 0.717) is 5.25 Å². The first-order chi connectivity index (χ1) is 12.7. The van der Waals surface area contributed by atoms with Gasteiger partial charge in [-0.05, 0) is 31.0 Å². The Kier molecular flexibility index (Phi) is 3.84. The van der Waals surface area contributed by atoms with Gasteiger partial charge in [-0.2, -0.15) is 5.10 Å². The number of benzene rings is 1. The molecule has 5 rings (SSSR count). The molecule has 0 spiro atoms. The van der Waals surface area contributed by atoms with E-state index in [9.17, 15) is 5.11 Å². The van der Waals surface area contributed by atoms with E-state index >= 15 is 0 Å². The van der Waals surface area contributed by atoms with Crippen molar-refractivity contribution in [3.05, 3.63) is 42.3 Å². The summed E-state index contributed by atoms with van der Waals surface area (Å²) in [6.07, 6.45) is 7.27. The summed E-state index contributed by atoms with van der Waals surface area (Å²) in [7, 11) is 1.90. The number of rotatable bonds is 4. The molecular formula is C18H17N5OS2. The largest absolute Gasteiger partial charge is 0.393 e. The molecule has 0 radical (unpaired) electrons. The third-order valence-electron chi connectivity index (χ3n) is 4.58. The zero-order valence-electron chi connectivity index (χ0n) is 14.1. The minimum absolute atomic E-state index is 0.117. The molecule has 1 aliphatic carbocycles. The van der Waals surface area contributed by atoms with Crippen molar-refractivity contribution in [2.75, 3.05) is 0 Å². The maximum Gasteiger partial charge on any atom is 0.150 e. The van der Waals surface area contributed by atoms with E-state index in [1.54, 1.807) is 16.0 Å². The summed E-state index contributed by atoms with van der Waals surface area (Å²) in [6.45, 7) is 0. The molecule has 26 heavy (non-hydrogen) atoms. The highest BCUT2D eigenvalue weighted by molar-refractivity contribution is 8.00. The molecule has 1 aromatic carbocycles. The number of thiazole rings is 1.